The normalized spacial score (nSPS) is 15.5. The van der Waals surface area contributed by atoms with Gasteiger partial charge in [-0.1, -0.05) is 13.8 Å². The van der Waals surface area contributed by atoms with Crippen molar-refractivity contribution in [1.82, 2.24) is 5.32 Å². The van der Waals surface area contributed by atoms with E-state index in [1.807, 2.05) is 13.8 Å². The average molecular weight is 189 g/mol. The van der Waals surface area contributed by atoms with E-state index in [1.54, 1.807) is 6.92 Å². The molecule has 0 aliphatic carbocycles. The van der Waals surface area contributed by atoms with E-state index in [-0.39, 0.29) is 30.9 Å². The van der Waals surface area contributed by atoms with Crippen LogP contribution in [0.3, 0.4) is 0 Å². The molecule has 0 saturated heterocycles. The lowest BCUT2D eigenvalue weighted by Crippen LogP contribution is -2.41. The monoisotopic (exact) mass is 189 g/mol. The van der Waals surface area contributed by atoms with Gasteiger partial charge in [0.2, 0.25) is 5.91 Å². The van der Waals surface area contributed by atoms with Gasteiger partial charge in [0.15, 0.2) is 0 Å². The van der Waals surface area contributed by atoms with Gasteiger partial charge in [-0.3, -0.25) is 4.79 Å². The van der Waals surface area contributed by atoms with Crippen molar-refractivity contribution in [2.45, 2.75) is 39.3 Å². The summed E-state index contributed by atoms with van der Waals surface area (Å²) in [6.07, 6.45) is -0.546. The second-order valence-electron chi connectivity index (χ2n) is 3.65. The molecule has 0 fully saturated rings. The van der Waals surface area contributed by atoms with Gasteiger partial charge in [0.25, 0.3) is 0 Å². The third kappa shape index (κ3) is 5.60. The zero-order chi connectivity index (χ0) is 10.4. The van der Waals surface area contributed by atoms with Gasteiger partial charge in [-0.25, -0.2) is 0 Å². The summed E-state index contributed by atoms with van der Waals surface area (Å²) in [5.74, 6) is -0.0225. The Labute approximate surface area is 79.0 Å². The smallest absolute Gasteiger partial charge is 0.222 e. The summed E-state index contributed by atoms with van der Waals surface area (Å²) in [5, 5.41) is 20.5. The van der Waals surface area contributed by atoms with Crippen LogP contribution in [0.4, 0.5) is 0 Å². The molecule has 3 N–H and O–H groups in total. The van der Waals surface area contributed by atoms with Crippen molar-refractivity contribution in [3.8, 4) is 0 Å². The Morgan fingerprint density at radius 3 is 2.23 bits per heavy atom. The third-order valence-corrected chi connectivity index (χ3v) is 1.83. The van der Waals surface area contributed by atoms with Crippen molar-refractivity contribution in [3.63, 3.8) is 0 Å². The fourth-order valence-electron chi connectivity index (χ4n) is 0.957. The third-order valence-electron chi connectivity index (χ3n) is 1.83. The first-order valence-corrected chi connectivity index (χ1v) is 4.55. The number of amides is 1. The maximum atomic E-state index is 11.1. The quantitative estimate of drug-likeness (QED) is 0.565. The van der Waals surface area contributed by atoms with Crippen LogP contribution in [0, 0.1) is 5.92 Å². The highest BCUT2D eigenvalue weighted by Crippen LogP contribution is 2.01. The Bertz CT molecular complexity index is 157. The first-order valence-electron chi connectivity index (χ1n) is 4.55. The maximum absolute atomic E-state index is 11.1. The highest BCUT2D eigenvalue weighted by Gasteiger charge is 2.15. The lowest BCUT2D eigenvalue weighted by molar-refractivity contribution is -0.124. The Morgan fingerprint density at radius 2 is 1.92 bits per heavy atom. The molecule has 0 radical (unpaired) electrons. The van der Waals surface area contributed by atoms with Crippen molar-refractivity contribution < 1.29 is 15.0 Å². The molecule has 78 valence electrons. The molecule has 4 nitrogen and oxygen atoms in total. The summed E-state index contributed by atoms with van der Waals surface area (Å²) in [5.41, 5.74) is 0. The molecule has 0 aliphatic rings. The molecule has 0 spiro atoms. The first-order chi connectivity index (χ1) is 5.97. The standard InChI is InChI=1S/C9H19NO3/c1-6(2)8(5-11)10-9(13)4-7(3)12/h6-8,11-12H,4-5H2,1-3H3,(H,10,13)/t7-,8-/m1/s1. The van der Waals surface area contributed by atoms with E-state index < -0.39 is 6.10 Å². The molecule has 0 bridgehead atoms. The van der Waals surface area contributed by atoms with Crippen LogP contribution >= 0.6 is 0 Å². The van der Waals surface area contributed by atoms with Gasteiger partial charge in [-0.2, -0.15) is 0 Å². The van der Waals surface area contributed by atoms with Gasteiger partial charge in [0, 0.05) is 0 Å². The van der Waals surface area contributed by atoms with E-state index in [0.717, 1.165) is 0 Å². The van der Waals surface area contributed by atoms with Crippen LogP contribution in [0.15, 0.2) is 0 Å². The molecular formula is C9H19NO3. The summed E-state index contributed by atoms with van der Waals surface area (Å²) in [4.78, 5) is 11.1. The highest BCUT2D eigenvalue weighted by atomic mass is 16.3. The van der Waals surface area contributed by atoms with Gasteiger partial charge in [0.1, 0.15) is 0 Å². The number of hydrogen-bond donors (Lipinski definition) is 3. The molecule has 0 aromatic heterocycles. The van der Waals surface area contributed by atoms with E-state index in [2.05, 4.69) is 5.32 Å². The van der Waals surface area contributed by atoms with Crippen molar-refractivity contribution >= 4 is 5.91 Å². The van der Waals surface area contributed by atoms with Crippen LogP contribution in [0.25, 0.3) is 0 Å². The van der Waals surface area contributed by atoms with Crippen LogP contribution in [0.1, 0.15) is 27.2 Å². The maximum Gasteiger partial charge on any atom is 0.222 e. The van der Waals surface area contributed by atoms with Crippen LogP contribution in [-0.4, -0.2) is 34.9 Å². The molecule has 0 rings (SSSR count). The van der Waals surface area contributed by atoms with E-state index in [0.29, 0.717) is 0 Å². The minimum Gasteiger partial charge on any atom is -0.394 e. The lowest BCUT2D eigenvalue weighted by atomic mass is 10.1. The van der Waals surface area contributed by atoms with E-state index in [1.165, 1.54) is 0 Å². The number of rotatable bonds is 5. The SMILES string of the molecule is CC(C)[C@@H](CO)NC(=O)C[C@@H](C)O. The molecule has 1 amide bonds. The molecule has 0 heterocycles. The molecule has 0 unspecified atom stereocenters. The van der Waals surface area contributed by atoms with Crippen molar-refractivity contribution in [2.75, 3.05) is 6.61 Å². The highest BCUT2D eigenvalue weighted by molar-refractivity contribution is 5.76. The number of carbonyl (C=O) groups is 1. The minimum absolute atomic E-state index is 0.0663. The van der Waals surface area contributed by atoms with Gasteiger partial charge in [-0.15, -0.1) is 0 Å². The molecule has 0 aliphatic heterocycles. The predicted octanol–water partition coefficient (Wildman–Crippen LogP) is -0.110. The first kappa shape index (κ1) is 12.4. The molecular weight excluding hydrogens is 170 g/mol. The van der Waals surface area contributed by atoms with Crippen molar-refractivity contribution in [3.05, 3.63) is 0 Å². The van der Waals surface area contributed by atoms with Crippen molar-refractivity contribution in [2.24, 2.45) is 5.92 Å². The molecule has 4 heteroatoms. The number of hydrogen-bond acceptors (Lipinski definition) is 3. The largest absolute Gasteiger partial charge is 0.394 e. The van der Waals surface area contributed by atoms with Crippen LogP contribution in [0.5, 0.6) is 0 Å². The van der Waals surface area contributed by atoms with E-state index >= 15 is 0 Å². The van der Waals surface area contributed by atoms with Crippen LogP contribution in [0.2, 0.25) is 0 Å². The molecule has 0 aromatic rings. The Hall–Kier alpha value is -0.610. The van der Waals surface area contributed by atoms with Gasteiger partial charge in [0.05, 0.1) is 25.2 Å². The Morgan fingerprint density at radius 1 is 1.38 bits per heavy atom. The molecule has 0 saturated carbocycles. The van der Waals surface area contributed by atoms with E-state index in [9.17, 15) is 4.79 Å². The van der Waals surface area contributed by atoms with Gasteiger partial charge >= 0.3 is 0 Å². The zero-order valence-corrected chi connectivity index (χ0v) is 8.45. The molecule has 0 aromatic carbocycles. The fourth-order valence-corrected chi connectivity index (χ4v) is 0.957. The summed E-state index contributed by atoms with van der Waals surface area (Å²) in [6, 6.07) is -0.216. The fraction of sp³-hybridized carbons (Fsp3) is 0.889. The van der Waals surface area contributed by atoms with E-state index in [4.69, 9.17) is 10.2 Å². The van der Waals surface area contributed by atoms with Crippen molar-refractivity contribution in [1.29, 1.82) is 0 Å². The number of nitrogens with one attached hydrogen (secondary N) is 1. The summed E-state index contributed by atoms with van der Waals surface area (Å²) in [7, 11) is 0. The summed E-state index contributed by atoms with van der Waals surface area (Å²) in [6.45, 7) is 5.33. The summed E-state index contributed by atoms with van der Waals surface area (Å²) < 4.78 is 0. The second-order valence-corrected chi connectivity index (χ2v) is 3.65. The number of carbonyl (C=O) groups excluding carboxylic acids is 1. The molecule has 2 atom stereocenters. The van der Waals surface area contributed by atoms with Gasteiger partial charge < -0.3 is 15.5 Å². The zero-order valence-electron chi connectivity index (χ0n) is 8.45. The van der Waals surface area contributed by atoms with Gasteiger partial charge in [-0.05, 0) is 12.8 Å². The van der Waals surface area contributed by atoms with Crippen LogP contribution < -0.4 is 5.32 Å². The number of aliphatic hydroxyl groups is 2. The Kier molecular flexibility index (Phi) is 5.66. The second kappa shape index (κ2) is 5.94. The topological polar surface area (TPSA) is 69.6 Å². The minimum atomic E-state index is -0.633. The number of aliphatic hydroxyl groups excluding tert-OH is 2. The average Bonchev–Trinajstić information content (AvgIpc) is 1.98. The Balaban J connectivity index is 3.87. The summed E-state index contributed by atoms with van der Waals surface area (Å²) >= 11 is 0. The predicted molar refractivity (Wildman–Crippen MR) is 50.2 cm³/mol. The molecule has 13 heavy (non-hydrogen) atoms. The van der Waals surface area contributed by atoms with Crippen LogP contribution in [-0.2, 0) is 4.79 Å². The lowest BCUT2D eigenvalue weighted by Gasteiger charge is -2.20.